The molecule has 0 unspecified atom stereocenters. The van der Waals surface area contributed by atoms with Crippen LogP contribution in [0.15, 0.2) is 5.51 Å². The van der Waals surface area contributed by atoms with Crippen LogP contribution in [0.3, 0.4) is 0 Å². The predicted molar refractivity (Wildman–Crippen MR) is 42.9 cm³/mol. The maximum atomic E-state index is 7.39. The Labute approximate surface area is 68.4 Å². The van der Waals surface area contributed by atoms with Gasteiger partial charge in [0.1, 0.15) is 13.6 Å². The van der Waals surface area contributed by atoms with E-state index in [1.165, 1.54) is 12.1 Å². The van der Waals surface area contributed by atoms with E-state index in [1.807, 2.05) is 0 Å². The van der Waals surface area contributed by atoms with Crippen molar-refractivity contribution in [3.8, 4) is 0 Å². The van der Waals surface area contributed by atoms with Crippen molar-refractivity contribution in [3.05, 3.63) is 5.51 Å². The molecule has 0 aromatic carbocycles. The number of hydrogen-bond donors (Lipinski definition) is 0. The molecule has 0 saturated heterocycles. The fraction of sp³-hybridized carbons (Fsp3) is 0.600. The molecule has 0 bridgehead atoms. The number of aromatic nitrogens is 2. The summed E-state index contributed by atoms with van der Waals surface area (Å²) in [5.74, 6) is 0. The van der Waals surface area contributed by atoms with Crippen molar-refractivity contribution < 1.29 is 8.22 Å². The first kappa shape index (κ1) is 2.43. The maximum absolute atomic E-state index is 7.39. The van der Waals surface area contributed by atoms with Crippen LogP contribution in [0.4, 0.5) is 0 Å². The van der Waals surface area contributed by atoms with E-state index in [4.69, 9.17) is 8.22 Å². The van der Waals surface area contributed by atoms with E-state index in [0.29, 0.717) is 0 Å². The highest BCUT2D eigenvalue weighted by atomic mass is 32.1. The zero-order valence-corrected chi connectivity index (χ0v) is 6.70. The molecule has 50 valence electrons. The van der Waals surface area contributed by atoms with Gasteiger partial charge in [-0.1, -0.05) is 19.5 Å². The normalized spacial score (nSPS) is 24.6. The molecular weight excluding hydrogens is 148 g/mol. The SMILES string of the molecule is [2H]C([2H])([2H])[Si](C)(c1nncs1)C([2H])([2H])[2H]. The highest BCUT2D eigenvalue weighted by Gasteiger charge is 2.19. The molecule has 4 heteroatoms. The third kappa shape index (κ3) is 1.59. The second-order valence-corrected chi connectivity index (χ2v) is 5.79. The minimum absolute atomic E-state index is 0.155. The quantitative estimate of drug-likeness (QED) is 0.581. The van der Waals surface area contributed by atoms with Crippen LogP contribution in [-0.4, -0.2) is 18.3 Å². The third-order valence-corrected chi connectivity index (χ3v) is 3.83. The Morgan fingerprint density at radius 3 is 3.00 bits per heavy atom. The molecule has 1 heterocycles. The molecule has 0 aliphatic carbocycles. The highest BCUT2D eigenvalue weighted by Crippen LogP contribution is 2.01. The number of nitrogens with zero attached hydrogens (tertiary/aromatic N) is 2. The molecule has 1 aromatic rings. The van der Waals surface area contributed by atoms with Crippen molar-refractivity contribution in [2.24, 2.45) is 0 Å². The predicted octanol–water partition coefficient (Wildman–Crippen LogP) is 1.08. The van der Waals surface area contributed by atoms with Crippen molar-refractivity contribution >= 4 is 24.0 Å². The molecule has 1 aromatic heterocycles. The molecular formula is C5H10N2SSi. The summed E-state index contributed by atoms with van der Waals surface area (Å²) in [4.78, 5) is 0. The Kier molecular flexibility index (Phi) is 0.591. The fourth-order valence-corrected chi connectivity index (χ4v) is 2.04. The monoisotopic (exact) mass is 164 g/mol. The lowest BCUT2D eigenvalue weighted by Crippen LogP contribution is -2.37. The van der Waals surface area contributed by atoms with Crippen LogP contribution in [-0.2, 0) is 0 Å². The van der Waals surface area contributed by atoms with Crippen LogP contribution in [0.2, 0.25) is 19.5 Å². The van der Waals surface area contributed by atoms with E-state index >= 15 is 0 Å². The van der Waals surface area contributed by atoms with Crippen LogP contribution in [0, 0.1) is 0 Å². The lowest BCUT2D eigenvalue weighted by molar-refractivity contribution is 1.11. The van der Waals surface area contributed by atoms with Gasteiger partial charge in [0, 0.05) is 8.22 Å². The average Bonchev–Trinajstić information content (AvgIpc) is 2.49. The van der Waals surface area contributed by atoms with Gasteiger partial charge in [0.2, 0.25) is 0 Å². The molecule has 0 saturated carbocycles. The van der Waals surface area contributed by atoms with E-state index in [1.54, 1.807) is 0 Å². The van der Waals surface area contributed by atoms with E-state index in [-0.39, 0.29) is 4.63 Å². The summed E-state index contributed by atoms with van der Waals surface area (Å²) in [7, 11) is -3.63. The third-order valence-electron chi connectivity index (χ3n) is 0.788. The summed E-state index contributed by atoms with van der Waals surface area (Å²) in [6.07, 6.45) is 0. The van der Waals surface area contributed by atoms with Crippen molar-refractivity contribution in [3.63, 3.8) is 0 Å². The second-order valence-electron chi connectivity index (χ2n) is 1.87. The Hall–Kier alpha value is -0.223. The Balaban J connectivity index is 3.33. The lowest BCUT2D eigenvalue weighted by atomic mass is 11.5. The largest absolute Gasteiger partial charge is 0.149 e. The topological polar surface area (TPSA) is 25.8 Å². The first-order valence-corrected chi connectivity index (χ1v) is 5.75. The number of rotatable bonds is 1. The van der Waals surface area contributed by atoms with Crippen molar-refractivity contribution in [1.82, 2.24) is 10.2 Å². The smallest absolute Gasteiger partial charge is 0.117 e. The lowest BCUT2D eigenvalue weighted by Gasteiger charge is -2.08. The van der Waals surface area contributed by atoms with E-state index in [9.17, 15) is 0 Å². The van der Waals surface area contributed by atoms with Gasteiger partial charge in [0.15, 0.2) is 0 Å². The molecule has 0 aliphatic rings. The Morgan fingerprint density at radius 2 is 2.56 bits per heavy atom. The van der Waals surface area contributed by atoms with Gasteiger partial charge in [-0.3, -0.25) is 0 Å². The average molecular weight is 164 g/mol. The Bertz CT molecular complexity index is 316. The second kappa shape index (κ2) is 2.19. The molecule has 0 atom stereocenters. The van der Waals surface area contributed by atoms with Crippen LogP contribution in [0.1, 0.15) is 8.22 Å². The van der Waals surface area contributed by atoms with Crippen molar-refractivity contribution in [2.75, 3.05) is 0 Å². The van der Waals surface area contributed by atoms with Crippen LogP contribution >= 0.6 is 11.3 Å². The van der Waals surface area contributed by atoms with E-state index in [2.05, 4.69) is 10.2 Å². The van der Waals surface area contributed by atoms with Gasteiger partial charge >= 0.3 is 0 Å². The summed E-state index contributed by atoms with van der Waals surface area (Å²) in [6.45, 7) is -3.69. The number of hydrogen-bond acceptors (Lipinski definition) is 3. The van der Waals surface area contributed by atoms with E-state index in [0.717, 1.165) is 11.3 Å². The van der Waals surface area contributed by atoms with Crippen LogP contribution < -0.4 is 4.63 Å². The van der Waals surface area contributed by atoms with Crippen molar-refractivity contribution in [1.29, 1.82) is 0 Å². The van der Waals surface area contributed by atoms with Gasteiger partial charge in [-0.05, 0) is 0 Å². The Morgan fingerprint density at radius 1 is 1.78 bits per heavy atom. The molecule has 2 nitrogen and oxygen atoms in total. The summed E-state index contributed by atoms with van der Waals surface area (Å²) in [5.41, 5.74) is 1.36. The van der Waals surface area contributed by atoms with Gasteiger partial charge < -0.3 is 0 Å². The molecule has 9 heavy (non-hydrogen) atoms. The van der Waals surface area contributed by atoms with Gasteiger partial charge in [-0.15, -0.1) is 21.5 Å². The molecule has 0 aliphatic heterocycles. The van der Waals surface area contributed by atoms with Crippen molar-refractivity contribution in [2.45, 2.75) is 19.5 Å². The molecule has 1 rings (SSSR count). The summed E-state index contributed by atoms with van der Waals surface area (Å²) < 4.78 is 44.5. The fourth-order valence-electron chi connectivity index (χ4n) is 0.391. The highest BCUT2D eigenvalue weighted by molar-refractivity contribution is 7.24. The molecule has 0 fully saturated rings. The van der Waals surface area contributed by atoms with Crippen LogP contribution in [0.25, 0.3) is 0 Å². The zero-order chi connectivity index (χ0) is 11.9. The maximum Gasteiger partial charge on any atom is 0.117 e. The van der Waals surface area contributed by atoms with Crippen LogP contribution in [0.5, 0.6) is 0 Å². The molecule has 0 N–H and O–H groups in total. The minimum atomic E-state index is -3.63. The zero-order valence-electron chi connectivity index (χ0n) is 10.9. The molecule has 0 spiro atoms. The summed E-state index contributed by atoms with van der Waals surface area (Å²) in [5, 5.41) is 7.15. The van der Waals surface area contributed by atoms with Gasteiger partial charge in [-0.25, -0.2) is 0 Å². The van der Waals surface area contributed by atoms with E-state index < -0.39 is 21.0 Å². The van der Waals surface area contributed by atoms with Gasteiger partial charge in [-0.2, -0.15) is 0 Å². The summed E-state index contributed by atoms with van der Waals surface area (Å²) >= 11 is 1.00. The first-order chi connectivity index (χ1) is 6.61. The molecule has 0 amide bonds. The minimum Gasteiger partial charge on any atom is -0.149 e. The summed E-state index contributed by atoms with van der Waals surface area (Å²) in [6, 6.07) is 0. The standard InChI is InChI=1S/C5H10N2SSi/c1-9(2,3)5-7-6-4-8-5/h4H,1-3H3/i1D3,2D3. The van der Waals surface area contributed by atoms with Gasteiger partial charge in [0.25, 0.3) is 0 Å². The van der Waals surface area contributed by atoms with Gasteiger partial charge in [0.05, 0.1) is 4.63 Å². The first-order valence-electron chi connectivity index (χ1n) is 5.37. The molecule has 0 radical (unpaired) electrons.